The molecule has 0 aromatic heterocycles. The molecule has 1 saturated heterocycles. The number of nitrogens with zero attached hydrogens (tertiary/aromatic N) is 1. The average Bonchev–Trinajstić information content (AvgIpc) is 2.68. The minimum Gasteiger partial charge on any atom is -0.391 e. The van der Waals surface area contributed by atoms with Gasteiger partial charge in [0.15, 0.2) is 0 Å². The molecule has 0 radical (unpaired) electrons. The van der Waals surface area contributed by atoms with Crippen molar-refractivity contribution in [2.24, 2.45) is 0 Å². The number of aliphatic hydroxyl groups is 1. The van der Waals surface area contributed by atoms with E-state index in [2.05, 4.69) is 15.9 Å². The van der Waals surface area contributed by atoms with Crippen LogP contribution in [0, 0.1) is 5.82 Å². The Hall–Kier alpha value is -0.940. The monoisotopic (exact) mass is 287 g/mol. The Morgan fingerprint density at radius 1 is 1.56 bits per heavy atom. The lowest BCUT2D eigenvalue weighted by Crippen LogP contribution is -2.29. The van der Waals surface area contributed by atoms with E-state index in [1.54, 1.807) is 6.07 Å². The van der Waals surface area contributed by atoms with Crippen LogP contribution >= 0.6 is 15.9 Å². The molecule has 0 unspecified atom stereocenters. The van der Waals surface area contributed by atoms with Crippen LogP contribution < -0.4 is 0 Å². The van der Waals surface area contributed by atoms with Crippen molar-refractivity contribution < 1.29 is 14.3 Å². The summed E-state index contributed by atoms with van der Waals surface area (Å²) < 4.78 is 13.4. The molecule has 0 bridgehead atoms. The predicted octanol–water partition coefficient (Wildman–Crippen LogP) is 1.79. The topological polar surface area (TPSA) is 40.5 Å². The van der Waals surface area contributed by atoms with Crippen LogP contribution in [0.25, 0.3) is 0 Å². The Kier molecular flexibility index (Phi) is 3.25. The highest BCUT2D eigenvalue weighted by Crippen LogP contribution is 2.23. The van der Waals surface area contributed by atoms with Crippen LogP contribution in [0.3, 0.4) is 0 Å². The maximum atomic E-state index is 13.2. The molecule has 3 nitrogen and oxygen atoms in total. The first-order valence-corrected chi connectivity index (χ1v) is 5.80. The second-order valence-corrected chi connectivity index (χ2v) is 4.59. The van der Waals surface area contributed by atoms with Gasteiger partial charge in [-0.25, -0.2) is 4.39 Å². The SMILES string of the molecule is O=C(c1cccc(F)c1Br)N1CC[C@H](O)C1. The highest BCUT2D eigenvalue weighted by Gasteiger charge is 2.26. The molecule has 16 heavy (non-hydrogen) atoms. The Balaban J connectivity index is 2.24. The van der Waals surface area contributed by atoms with Gasteiger partial charge in [0.05, 0.1) is 16.1 Å². The van der Waals surface area contributed by atoms with Gasteiger partial charge in [-0.2, -0.15) is 0 Å². The molecule has 5 heteroatoms. The fourth-order valence-corrected chi connectivity index (χ4v) is 2.20. The van der Waals surface area contributed by atoms with E-state index in [1.807, 2.05) is 0 Å². The minimum atomic E-state index is -0.462. The van der Waals surface area contributed by atoms with E-state index >= 15 is 0 Å². The van der Waals surface area contributed by atoms with Gasteiger partial charge in [0, 0.05) is 13.1 Å². The Bertz CT molecular complexity index is 424. The summed E-state index contributed by atoms with van der Waals surface area (Å²) in [7, 11) is 0. The van der Waals surface area contributed by atoms with Crippen LogP contribution in [0.5, 0.6) is 0 Å². The van der Waals surface area contributed by atoms with Crippen LogP contribution in [-0.4, -0.2) is 35.1 Å². The molecule has 1 amide bonds. The molecule has 0 saturated carbocycles. The molecule has 1 aliphatic rings. The number of hydrogen-bond acceptors (Lipinski definition) is 2. The number of β-amino-alcohol motifs (C(OH)–C–C–N with tert-alkyl or cyclic N) is 1. The van der Waals surface area contributed by atoms with Gasteiger partial charge in [0.2, 0.25) is 0 Å². The number of amides is 1. The zero-order chi connectivity index (χ0) is 11.7. The standard InChI is InChI=1S/C11H11BrFNO2/c12-10-8(2-1-3-9(10)13)11(16)14-5-4-7(15)6-14/h1-3,7,15H,4-6H2/t7-/m0/s1. The van der Waals surface area contributed by atoms with Gasteiger partial charge >= 0.3 is 0 Å². The largest absolute Gasteiger partial charge is 0.391 e. The fraction of sp³-hybridized carbons (Fsp3) is 0.364. The van der Waals surface area contributed by atoms with Gasteiger partial charge in [-0.15, -0.1) is 0 Å². The number of hydrogen-bond donors (Lipinski definition) is 1. The van der Waals surface area contributed by atoms with Gasteiger partial charge in [-0.05, 0) is 34.5 Å². The fourth-order valence-electron chi connectivity index (χ4n) is 1.77. The normalized spacial score (nSPS) is 20.2. The molecule has 1 fully saturated rings. The van der Waals surface area contributed by atoms with E-state index in [4.69, 9.17) is 0 Å². The maximum absolute atomic E-state index is 13.2. The quantitative estimate of drug-likeness (QED) is 0.856. The highest BCUT2D eigenvalue weighted by molar-refractivity contribution is 9.10. The summed E-state index contributed by atoms with van der Waals surface area (Å²) in [4.78, 5) is 13.5. The van der Waals surface area contributed by atoms with Crippen molar-refractivity contribution in [2.75, 3.05) is 13.1 Å². The number of likely N-dealkylation sites (tertiary alicyclic amines) is 1. The van der Waals surface area contributed by atoms with Gasteiger partial charge in [0.1, 0.15) is 5.82 Å². The van der Waals surface area contributed by atoms with Crippen molar-refractivity contribution in [2.45, 2.75) is 12.5 Å². The van der Waals surface area contributed by atoms with Crippen LogP contribution in [-0.2, 0) is 0 Å². The molecular formula is C11H11BrFNO2. The molecule has 2 rings (SSSR count). The number of halogens is 2. The second kappa shape index (κ2) is 4.51. The van der Waals surface area contributed by atoms with Crippen LogP contribution in [0.15, 0.2) is 22.7 Å². The number of carbonyl (C=O) groups is 1. The smallest absolute Gasteiger partial charge is 0.255 e. The third-order valence-corrected chi connectivity index (χ3v) is 3.44. The van der Waals surface area contributed by atoms with Gasteiger partial charge in [0.25, 0.3) is 5.91 Å². The average molecular weight is 288 g/mol. The van der Waals surface area contributed by atoms with E-state index in [0.717, 1.165) is 0 Å². The van der Waals surface area contributed by atoms with Crippen molar-refractivity contribution in [3.05, 3.63) is 34.1 Å². The van der Waals surface area contributed by atoms with Crippen molar-refractivity contribution >= 4 is 21.8 Å². The van der Waals surface area contributed by atoms with E-state index in [-0.39, 0.29) is 10.4 Å². The van der Waals surface area contributed by atoms with Crippen molar-refractivity contribution in [1.82, 2.24) is 4.90 Å². The zero-order valence-electron chi connectivity index (χ0n) is 8.49. The van der Waals surface area contributed by atoms with Crippen LogP contribution in [0.4, 0.5) is 4.39 Å². The summed E-state index contributed by atoms with van der Waals surface area (Å²) in [5.74, 6) is -0.700. The predicted molar refractivity (Wildman–Crippen MR) is 60.6 cm³/mol. The highest BCUT2D eigenvalue weighted by atomic mass is 79.9. The molecule has 86 valence electrons. The maximum Gasteiger partial charge on any atom is 0.255 e. The summed E-state index contributed by atoms with van der Waals surface area (Å²) in [5, 5.41) is 9.34. The molecule has 1 heterocycles. The Labute approximate surface area is 101 Å². The first-order valence-electron chi connectivity index (χ1n) is 5.01. The van der Waals surface area contributed by atoms with E-state index in [9.17, 15) is 14.3 Å². The molecule has 1 aliphatic heterocycles. The Morgan fingerprint density at radius 2 is 2.31 bits per heavy atom. The molecular weight excluding hydrogens is 277 g/mol. The lowest BCUT2D eigenvalue weighted by Gasteiger charge is -2.16. The van der Waals surface area contributed by atoms with Crippen molar-refractivity contribution in [1.29, 1.82) is 0 Å². The second-order valence-electron chi connectivity index (χ2n) is 3.80. The summed E-state index contributed by atoms with van der Waals surface area (Å²) >= 11 is 3.06. The molecule has 1 aromatic rings. The lowest BCUT2D eigenvalue weighted by atomic mass is 10.2. The van der Waals surface area contributed by atoms with Gasteiger partial charge < -0.3 is 10.0 Å². The number of aliphatic hydroxyl groups excluding tert-OH is 1. The molecule has 1 N–H and O–H groups in total. The molecule has 0 aliphatic carbocycles. The third kappa shape index (κ3) is 2.10. The number of rotatable bonds is 1. The van der Waals surface area contributed by atoms with Crippen molar-refractivity contribution in [3.8, 4) is 0 Å². The first-order chi connectivity index (χ1) is 7.59. The van der Waals surface area contributed by atoms with E-state index in [1.165, 1.54) is 17.0 Å². The van der Waals surface area contributed by atoms with Gasteiger partial charge in [-0.3, -0.25) is 4.79 Å². The summed E-state index contributed by atoms with van der Waals surface area (Å²) in [6, 6.07) is 4.36. The van der Waals surface area contributed by atoms with Crippen molar-refractivity contribution in [3.63, 3.8) is 0 Å². The number of carbonyl (C=O) groups excluding carboxylic acids is 1. The summed E-state index contributed by atoms with van der Waals surface area (Å²) in [5.41, 5.74) is 0.300. The molecule has 1 atom stereocenters. The molecule has 1 aromatic carbocycles. The Morgan fingerprint density at radius 3 is 2.94 bits per heavy atom. The van der Waals surface area contributed by atoms with Crippen LogP contribution in [0.1, 0.15) is 16.8 Å². The van der Waals surface area contributed by atoms with E-state index < -0.39 is 11.9 Å². The summed E-state index contributed by atoms with van der Waals surface area (Å²) in [6.07, 6.45) is 0.120. The number of benzene rings is 1. The van der Waals surface area contributed by atoms with Gasteiger partial charge in [-0.1, -0.05) is 6.07 Å². The van der Waals surface area contributed by atoms with E-state index in [0.29, 0.717) is 25.1 Å². The van der Waals surface area contributed by atoms with Crippen LogP contribution in [0.2, 0.25) is 0 Å². The lowest BCUT2D eigenvalue weighted by molar-refractivity contribution is 0.0763. The summed E-state index contributed by atoms with van der Waals surface area (Å²) in [6.45, 7) is 0.838. The zero-order valence-corrected chi connectivity index (χ0v) is 10.1. The first kappa shape index (κ1) is 11.5. The third-order valence-electron chi connectivity index (χ3n) is 2.63. The minimum absolute atomic E-state index is 0.182. The molecule has 0 spiro atoms.